The quantitative estimate of drug-likeness (QED) is 0.721. The Morgan fingerprint density at radius 1 is 1.65 bits per heavy atom. The summed E-state index contributed by atoms with van der Waals surface area (Å²) in [6.45, 7) is 1.70. The number of amides is 2. The molecule has 0 aliphatic rings. The second kappa shape index (κ2) is 6.16. The van der Waals surface area contributed by atoms with Gasteiger partial charge in [-0.3, -0.25) is 5.32 Å². The molecule has 0 fully saturated rings. The molecule has 0 saturated heterocycles. The van der Waals surface area contributed by atoms with Crippen molar-refractivity contribution in [2.45, 2.75) is 13.0 Å². The summed E-state index contributed by atoms with van der Waals surface area (Å²) in [5.74, 6) is -1.13. The Hall–Kier alpha value is -1.67. The highest BCUT2D eigenvalue weighted by Gasteiger charge is 2.17. The summed E-state index contributed by atoms with van der Waals surface area (Å²) in [6.07, 6.45) is -1.06. The fourth-order valence-electron chi connectivity index (χ4n) is 1.01. The van der Waals surface area contributed by atoms with E-state index in [0.717, 1.165) is 5.69 Å². The number of aromatic nitrogens is 1. The number of carbonyl (C=O) groups is 2. The number of methoxy groups -OCH3 is 1. The molecular formula is C9H13N3O4S. The molecule has 0 aromatic carbocycles. The van der Waals surface area contributed by atoms with Crippen molar-refractivity contribution < 1.29 is 19.4 Å². The smallest absolute Gasteiger partial charge is 0.334 e. The lowest BCUT2D eigenvalue weighted by atomic mass is 10.3. The van der Waals surface area contributed by atoms with Crippen molar-refractivity contribution in [2.24, 2.45) is 0 Å². The van der Waals surface area contributed by atoms with E-state index in [9.17, 15) is 9.59 Å². The second-order valence-corrected chi connectivity index (χ2v) is 4.05. The molecule has 1 rings (SSSR count). The molecule has 2 amide bonds. The van der Waals surface area contributed by atoms with Gasteiger partial charge in [-0.15, -0.1) is 11.3 Å². The molecular weight excluding hydrogens is 246 g/mol. The minimum absolute atomic E-state index is 0.109. The van der Waals surface area contributed by atoms with Crippen LogP contribution in [0, 0.1) is 6.92 Å². The summed E-state index contributed by atoms with van der Waals surface area (Å²) in [4.78, 5) is 26.0. The highest BCUT2D eigenvalue weighted by molar-refractivity contribution is 7.13. The molecule has 94 valence electrons. The summed E-state index contributed by atoms with van der Waals surface area (Å²) in [6, 6.07) is -0.511. The predicted molar refractivity (Wildman–Crippen MR) is 62.3 cm³/mol. The minimum atomic E-state index is -1.13. The molecule has 1 unspecified atom stereocenters. The van der Waals surface area contributed by atoms with E-state index in [-0.39, 0.29) is 6.54 Å². The lowest BCUT2D eigenvalue weighted by Crippen LogP contribution is -2.39. The Morgan fingerprint density at radius 3 is 2.82 bits per heavy atom. The summed E-state index contributed by atoms with van der Waals surface area (Å²) >= 11 is 1.29. The minimum Gasteiger partial charge on any atom is -0.479 e. The first-order chi connectivity index (χ1) is 8.02. The first-order valence-corrected chi connectivity index (χ1v) is 5.63. The number of nitrogens with one attached hydrogen (secondary N) is 2. The van der Waals surface area contributed by atoms with Crippen LogP contribution in [0.1, 0.15) is 5.69 Å². The van der Waals surface area contributed by atoms with Crippen molar-refractivity contribution in [1.82, 2.24) is 10.3 Å². The van der Waals surface area contributed by atoms with Gasteiger partial charge in [0.15, 0.2) is 11.2 Å². The zero-order valence-electron chi connectivity index (χ0n) is 9.39. The second-order valence-electron chi connectivity index (χ2n) is 3.19. The third kappa shape index (κ3) is 4.37. The number of ether oxygens (including phenoxy) is 1. The van der Waals surface area contributed by atoms with Crippen molar-refractivity contribution in [1.29, 1.82) is 0 Å². The maximum absolute atomic E-state index is 11.4. The van der Waals surface area contributed by atoms with Gasteiger partial charge < -0.3 is 15.2 Å². The standard InChI is InChI=1S/C9H13N3O4S/c1-5-4-17-9(11-5)12-8(15)10-3-6(16-2)7(13)14/h4,6H,3H2,1-2H3,(H,13,14)(H2,10,11,12,15). The number of hydrogen-bond acceptors (Lipinski definition) is 5. The van der Waals surface area contributed by atoms with Crippen LogP contribution >= 0.6 is 11.3 Å². The van der Waals surface area contributed by atoms with Crippen LogP contribution in [0.3, 0.4) is 0 Å². The van der Waals surface area contributed by atoms with Gasteiger partial charge in [-0.05, 0) is 6.92 Å². The lowest BCUT2D eigenvalue weighted by molar-refractivity contribution is -0.147. The Morgan fingerprint density at radius 2 is 2.35 bits per heavy atom. The van der Waals surface area contributed by atoms with Crippen LogP contribution in [0.5, 0.6) is 0 Å². The van der Waals surface area contributed by atoms with E-state index < -0.39 is 18.1 Å². The fraction of sp³-hybridized carbons (Fsp3) is 0.444. The van der Waals surface area contributed by atoms with E-state index in [0.29, 0.717) is 5.13 Å². The predicted octanol–water partition coefficient (Wildman–Crippen LogP) is 0.673. The van der Waals surface area contributed by atoms with E-state index in [2.05, 4.69) is 20.4 Å². The maximum atomic E-state index is 11.4. The number of thiazole rings is 1. The van der Waals surface area contributed by atoms with E-state index >= 15 is 0 Å². The van der Waals surface area contributed by atoms with E-state index in [1.165, 1.54) is 18.4 Å². The Kier molecular flexibility index (Phi) is 4.85. The van der Waals surface area contributed by atoms with Crippen LogP contribution in [-0.2, 0) is 9.53 Å². The van der Waals surface area contributed by atoms with Crippen molar-refractivity contribution in [3.8, 4) is 0 Å². The van der Waals surface area contributed by atoms with E-state index in [1.807, 2.05) is 6.92 Å². The molecule has 0 radical (unpaired) electrons. The van der Waals surface area contributed by atoms with Gasteiger partial charge in [0.2, 0.25) is 0 Å². The first-order valence-electron chi connectivity index (χ1n) is 4.75. The molecule has 1 aromatic rings. The number of urea groups is 1. The molecule has 0 spiro atoms. The lowest BCUT2D eigenvalue weighted by Gasteiger charge is -2.11. The Labute approximate surface area is 102 Å². The molecule has 1 atom stereocenters. The zero-order valence-corrected chi connectivity index (χ0v) is 10.2. The van der Waals surface area contributed by atoms with Crippen LogP contribution in [0.2, 0.25) is 0 Å². The maximum Gasteiger partial charge on any atom is 0.334 e. The summed E-state index contributed by atoms with van der Waals surface area (Å²) in [5, 5.41) is 15.8. The Balaban J connectivity index is 2.37. The molecule has 0 aliphatic heterocycles. The molecule has 0 saturated carbocycles. The summed E-state index contributed by atoms with van der Waals surface area (Å²) in [5.41, 5.74) is 0.811. The van der Waals surface area contributed by atoms with Crippen LogP contribution in [0.4, 0.5) is 9.93 Å². The number of carboxylic acid groups (broad SMARTS) is 1. The van der Waals surface area contributed by atoms with Crippen LogP contribution in [0.15, 0.2) is 5.38 Å². The van der Waals surface area contributed by atoms with Gasteiger partial charge in [0.1, 0.15) is 0 Å². The molecule has 3 N–H and O–H groups in total. The van der Waals surface area contributed by atoms with Gasteiger partial charge in [0.05, 0.1) is 12.2 Å². The topological polar surface area (TPSA) is 101 Å². The number of nitrogens with zero attached hydrogens (tertiary/aromatic N) is 1. The SMILES string of the molecule is COC(CNC(=O)Nc1nc(C)cs1)C(=O)O. The van der Waals surface area contributed by atoms with Gasteiger partial charge in [-0.25, -0.2) is 14.6 Å². The zero-order chi connectivity index (χ0) is 12.8. The first kappa shape index (κ1) is 13.4. The summed E-state index contributed by atoms with van der Waals surface area (Å²) in [7, 11) is 1.27. The number of aryl methyl sites for hydroxylation is 1. The third-order valence-corrected chi connectivity index (χ3v) is 2.72. The highest BCUT2D eigenvalue weighted by atomic mass is 32.1. The molecule has 17 heavy (non-hydrogen) atoms. The van der Waals surface area contributed by atoms with Gasteiger partial charge in [0.25, 0.3) is 0 Å². The van der Waals surface area contributed by atoms with Crippen molar-refractivity contribution >= 4 is 28.5 Å². The van der Waals surface area contributed by atoms with Gasteiger partial charge in [-0.2, -0.15) is 0 Å². The third-order valence-electron chi connectivity index (χ3n) is 1.85. The molecule has 1 heterocycles. The highest BCUT2D eigenvalue weighted by Crippen LogP contribution is 2.13. The van der Waals surface area contributed by atoms with E-state index in [1.54, 1.807) is 5.38 Å². The molecule has 0 aliphatic carbocycles. The van der Waals surface area contributed by atoms with Gasteiger partial charge in [0, 0.05) is 12.5 Å². The van der Waals surface area contributed by atoms with Crippen LogP contribution in [-0.4, -0.2) is 41.8 Å². The normalized spacial score (nSPS) is 11.9. The largest absolute Gasteiger partial charge is 0.479 e. The number of carboxylic acids is 1. The molecule has 0 bridgehead atoms. The number of anilines is 1. The molecule has 1 aromatic heterocycles. The van der Waals surface area contributed by atoms with Crippen molar-refractivity contribution in [2.75, 3.05) is 19.0 Å². The van der Waals surface area contributed by atoms with Crippen molar-refractivity contribution in [3.05, 3.63) is 11.1 Å². The van der Waals surface area contributed by atoms with Crippen molar-refractivity contribution in [3.63, 3.8) is 0 Å². The summed E-state index contributed by atoms with van der Waals surface area (Å²) < 4.78 is 4.66. The number of carbonyl (C=O) groups excluding carboxylic acids is 1. The van der Waals surface area contributed by atoms with E-state index in [4.69, 9.17) is 5.11 Å². The number of aliphatic carboxylic acids is 1. The number of hydrogen-bond donors (Lipinski definition) is 3. The monoisotopic (exact) mass is 259 g/mol. The fourth-order valence-corrected chi connectivity index (χ4v) is 1.69. The van der Waals surface area contributed by atoms with Crippen LogP contribution in [0.25, 0.3) is 0 Å². The Bertz CT molecular complexity index is 407. The molecule has 7 nitrogen and oxygen atoms in total. The molecule has 8 heteroatoms. The average molecular weight is 259 g/mol. The average Bonchev–Trinajstić information content (AvgIpc) is 2.64. The van der Waals surface area contributed by atoms with Crippen LogP contribution < -0.4 is 10.6 Å². The number of rotatable bonds is 5. The van der Waals surface area contributed by atoms with Gasteiger partial charge in [-0.1, -0.05) is 0 Å². The van der Waals surface area contributed by atoms with Gasteiger partial charge >= 0.3 is 12.0 Å².